The summed E-state index contributed by atoms with van der Waals surface area (Å²) >= 11 is 0. The second-order valence-corrected chi connectivity index (χ2v) is 6.46. The van der Waals surface area contributed by atoms with Crippen LogP contribution in [0.4, 0.5) is 0 Å². The molecule has 3 nitrogen and oxygen atoms in total. The van der Waals surface area contributed by atoms with Crippen LogP contribution in [-0.2, 0) is 4.79 Å². The minimum absolute atomic E-state index is 0. The monoisotopic (exact) mass is 324 g/mol. The third-order valence-corrected chi connectivity index (χ3v) is 4.47. The van der Waals surface area contributed by atoms with Crippen LogP contribution in [0.5, 0.6) is 0 Å². The van der Waals surface area contributed by atoms with Crippen molar-refractivity contribution in [3.63, 3.8) is 0 Å². The van der Waals surface area contributed by atoms with Crippen molar-refractivity contribution in [2.24, 2.45) is 11.8 Å². The lowest BCUT2D eigenvalue weighted by atomic mass is 9.85. The van der Waals surface area contributed by atoms with Crippen LogP contribution < -0.4 is 10.6 Å². The van der Waals surface area contributed by atoms with Crippen molar-refractivity contribution in [2.45, 2.75) is 39.0 Å². The summed E-state index contributed by atoms with van der Waals surface area (Å²) in [7, 11) is 0. The highest BCUT2D eigenvalue weighted by Gasteiger charge is 2.20. The minimum atomic E-state index is 0. The lowest BCUT2D eigenvalue weighted by Crippen LogP contribution is -2.28. The largest absolute Gasteiger partial charge is 0.356 e. The van der Waals surface area contributed by atoms with Gasteiger partial charge in [-0.15, -0.1) is 12.4 Å². The van der Waals surface area contributed by atoms with E-state index < -0.39 is 0 Å². The number of carbonyl (C=O) groups is 1. The predicted molar refractivity (Wildman–Crippen MR) is 94.5 cm³/mol. The lowest BCUT2D eigenvalue weighted by molar-refractivity contribution is -0.121. The molecule has 1 amide bonds. The molecule has 1 heterocycles. The van der Waals surface area contributed by atoms with Gasteiger partial charge in [0.05, 0.1) is 0 Å². The van der Waals surface area contributed by atoms with Gasteiger partial charge < -0.3 is 10.6 Å². The zero-order chi connectivity index (χ0) is 15.1. The maximum absolute atomic E-state index is 12.2. The van der Waals surface area contributed by atoms with Crippen molar-refractivity contribution >= 4 is 18.3 Å². The molecule has 4 heteroatoms. The van der Waals surface area contributed by atoms with Crippen molar-refractivity contribution in [3.8, 4) is 0 Å². The van der Waals surface area contributed by atoms with Gasteiger partial charge in [0.15, 0.2) is 0 Å². The first-order valence-corrected chi connectivity index (χ1v) is 8.19. The molecule has 124 valence electrons. The highest BCUT2D eigenvalue weighted by Crippen LogP contribution is 2.27. The summed E-state index contributed by atoms with van der Waals surface area (Å²) in [6.07, 6.45) is 2.93. The van der Waals surface area contributed by atoms with Gasteiger partial charge in [0.25, 0.3) is 0 Å². The maximum Gasteiger partial charge on any atom is 0.220 e. The number of hydrogen-bond acceptors (Lipinski definition) is 2. The Hall–Kier alpha value is -1.06. The second-order valence-electron chi connectivity index (χ2n) is 6.46. The van der Waals surface area contributed by atoms with Crippen LogP contribution in [0.3, 0.4) is 0 Å². The Morgan fingerprint density at radius 3 is 2.64 bits per heavy atom. The van der Waals surface area contributed by atoms with Gasteiger partial charge in [-0.1, -0.05) is 44.2 Å². The first-order chi connectivity index (χ1) is 10.2. The number of carbonyl (C=O) groups excluding carboxylic acids is 1. The van der Waals surface area contributed by atoms with Crippen LogP contribution in [0.1, 0.15) is 44.6 Å². The average molecular weight is 325 g/mol. The fourth-order valence-electron chi connectivity index (χ4n) is 3.09. The number of nitrogens with one attached hydrogen (secondary N) is 2. The summed E-state index contributed by atoms with van der Waals surface area (Å²) in [4.78, 5) is 12.2. The zero-order valence-corrected chi connectivity index (χ0v) is 14.5. The molecule has 1 fully saturated rings. The SMILES string of the molecule is CC(C)C(CC(=O)NCCC1CCNC1)c1ccccc1.Cl. The van der Waals surface area contributed by atoms with Gasteiger partial charge in [-0.2, -0.15) is 0 Å². The van der Waals surface area contributed by atoms with E-state index in [1.54, 1.807) is 0 Å². The van der Waals surface area contributed by atoms with E-state index in [0.29, 0.717) is 18.3 Å². The molecule has 0 aliphatic carbocycles. The van der Waals surface area contributed by atoms with Gasteiger partial charge in [0.2, 0.25) is 5.91 Å². The van der Waals surface area contributed by atoms with Gasteiger partial charge >= 0.3 is 0 Å². The fraction of sp³-hybridized carbons (Fsp3) is 0.611. The Morgan fingerprint density at radius 1 is 1.32 bits per heavy atom. The van der Waals surface area contributed by atoms with E-state index in [-0.39, 0.29) is 18.3 Å². The van der Waals surface area contributed by atoms with Gasteiger partial charge in [0, 0.05) is 13.0 Å². The standard InChI is InChI=1S/C18H28N2O.ClH/c1-14(2)17(16-6-4-3-5-7-16)12-18(21)20-11-9-15-8-10-19-13-15;/h3-7,14-15,17,19H,8-13H2,1-2H3,(H,20,21);1H. The van der Waals surface area contributed by atoms with Crippen molar-refractivity contribution in [1.82, 2.24) is 10.6 Å². The van der Waals surface area contributed by atoms with E-state index in [1.807, 2.05) is 6.07 Å². The van der Waals surface area contributed by atoms with Crippen LogP contribution in [-0.4, -0.2) is 25.5 Å². The Labute approximate surface area is 140 Å². The summed E-state index contributed by atoms with van der Waals surface area (Å²) in [6, 6.07) is 10.4. The smallest absolute Gasteiger partial charge is 0.220 e. The molecule has 1 aliphatic rings. The predicted octanol–water partition coefficient (Wildman–Crippen LogP) is 3.35. The highest BCUT2D eigenvalue weighted by molar-refractivity contribution is 5.85. The summed E-state index contributed by atoms with van der Waals surface area (Å²) in [5.74, 6) is 1.69. The molecule has 1 aromatic carbocycles. The molecule has 0 spiro atoms. The molecule has 2 N–H and O–H groups in total. The topological polar surface area (TPSA) is 41.1 Å². The molecule has 0 bridgehead atoms. The number of halogens is 1. The Balaban J connectivity index is 0.00000242. The molecular formula is C18H29ClN2O. The molecular weight excluding hydrogens is 296 g/mol. The molecule has 2 rings (SSSR count). The van der Waals surface area contributed by atoms with Crippen LogP contribution in [0.25, 0.3) is 0 Å². The molecule has 1 aromatic rings. The average Bonchev–Trinajstić information content (AvgIpc) is 2.98. The third kappa shape index (κ3) is 5.98. The molecule has 22 heavy (non-hydrogen) atoms. The van der Waals surface area contributed by atoms with Crippen LogP contribution in [0.15, 0.2) is 30.3 Å². The van der Waals surface area contributed by atoms with E-state index in [1.165, 1.54) is 12.0 Å². The maximum atomic E-state index is 12.2. The van der Waals surface area contributed by atoms with Crippen molar-refractivity contribution in [3.05, 3.63) is 35.9 Å². The molecule has 2 atom stereocenters. The Bertz CT molecular complexity index is 430. The number of hydrogen-bond donors (Lipinski definition) is 2. The summed E-state index contributed by atoms with van der Waals surface area (Å²) in [5.41, 5.74) is 1.27. The Morgan fingerprint density at radius 2 is 2.05 bits per heavy atom. The fourth-order valence-corrected chi connectivity index (χ4v) is 3.09. The van der Waals surface area contributed by atoms with Crippen molar-refractivity contribution in [2.75, 3.05) is 19.6 Å². The van der Waals surface area contributed by atoms with Crippen molar-refractivity contribution in [1.29, 1.82) is 0 Å². The molecule has 0 saturated carbocycles. The molecule has 0 radical (unpaired) electrons. The van der Waals surface area contributed by atoms with Crippen LogP contribution >= 0.6 is 12.4 Å². The van der Waals surface area contributed by atoms with Crippen LogP contribution in [0, 0.1) is 11.8 Å². The van der Waals surface area contributed by atoms with E-state index >= 15 is 0 Å². The molecule has 0 aromatic heterocycles. The summed E-state index contributed by atoms with van der Waals surface area (Å²) in [6.45, 7) is 7.42. The van der Waals surface area contributed by atoms with Gasteiger partial charge in [-0.05, 0) is 49.2 Å². The number of benzene rings is 1. The van der Waals surface area contributed by atoms with E-state index in [9.17, 15) is 4.79 Å². The highest BCUT2D eigenvalue weighted by atomic mass is 35.5. The lowest BCUT2D eigenvalue weighted by Gasteiger charge is -2.21. The van der Waals surface area contributed by atoms with E-state index in [0.717, 1.165) is 32.0 Å². The van der Waals surface area contributed by atoms with Crippen molar-refractivity contribution < 1.29 is 4.79 Å². The molecule has 1 saturated heterocycles. The third-order valence-electron chi connectivity index (χ3n) is 4.47. The minimum Gasteiger partial charge on any atom is -0.356 e. The second kappa shape index (κ2) is 9.86. The number of rotatable bonds is 7. The zero-order valence-electron chi connectivity index (χ0n) is 13.7. The first-order valence-electron chi connectivity index (χ1n) is 8.19. The summed E-state index contributed by atoms with van der Waals surface area (Å²) in [5, 5.41) is 6.46. The van der Waals surface area contributed by atoms with E-state index in [4.69, 9.17) is 0 Å². The number of amides is 1. The van der Waals surface area contributed by atoms with E-state index in [2.05, 4.69) is 48.7 Å². The van der Waals surface area contributed by atoms with Gasteiger partial charge in [-0.25, -0.2) is 0 Å². The molecule has 2 unspecified atom stereocenters. The Kier molecular flexibility index (Phi) is 8.51. The molecule has 1 aliphatic heterocycles. The van der Waals surface area contributed by atoms with Gasteiger partial charge in [0.1, 0.15) is 0 Å². The summed E-state index contributed by atoms with van der Waals surface area (Å²) < 4.78 is 0. The van der Waals surface area contributed by atoms with Crippen LogP contribution in [0.2, 0.25) is 0 Å². The van der Waals surface area contributed by atoms with Gasteiger partial charge in [-0.3, -0.25) is 4.79 Å². The first kappa shape index (κ1) is 19.0. The normalized spacial score (nSPS) is 18.8. The quantitative estimate of drug-likeness (QED) is 0.807.